The first-order valence-corrected chi connectivity index (χ1v) is 5.41. The van der Waals surface area contributed by atoms with Gasteiger partial charge in [0.2, 0.25) is 0 Å². The molecule has 5 heteroatoms. The Morgan fingerprint density at radius 2 is 2.31 bits per heavy atom. The molecule has 2 N–H and O–H groups in total. The Hall–Kier alpha value is -1.52. The number of imidazole rings is 1. The average Bonchev–Trinajstić information content (AvgIpc) is 2.63. The van der Waals surface area contributed by atoms with Gasteiger partial charge in [-0.2, -0.15) is 0 Å². The van der Waals surface area contributed by atoms with Crippen LogP contribution in [0.15, 0.2) is 12.4 Å². The number of hydrogen-bond acceptors (Lipinski definition) is 3. The number of aromatic nitrogens is 2. The summed E-state index contributed by atoms with van der Waals surface area (Å²) < 4.78 is 5.18. The highest BCUT2D eigenvalue weighted by molar-refractivity contribution is 5.68. The fraction of sp³-hybridized carbons (Fsp3) is 0.636. The van der Waals surface area contributed by atoms with Crippen LogP contribution in [-0.2, 0) is 4.74 Å². The molecule has 1 aromatic heterocycles. The number of carbonyl (C=O) groups excluding carboxylic acids is 1. The quantitative estimate of drug-likeness (QED) is 0.830. The number of carbonyl (C=O) groups is 1. The van der Waals surface area contributed by atoms with Gasteiger partial charge >= 0.3 is 6.09 Å². The topological polar surface area (TPSA) is 67.0 Å². The van der Waals surface area contributed by atoms with E-state index >= 15 is 0 Å². The van der Waals surface area contributed by atoms with Crippen molar-refractivity contribution < 1.29 is 9.53 Å². The van der Waals surface area contributed by atoms with E-state index in [1.165, 1.54) is 0 Å². The van der Waals surface area contributed by atoms with E-state index in [1.54, 1.807) is 12.4 Å². The highest BCUT2D eigenvalue weighted by atomic mass is 16.6. The molecule has 16 heavy (non-hydrogen) atoms. The Kier molecular flexibility index (Phi) is 3.93. The lowest BCUT2D eigenvalue weighted by atomic mass is 10.2. The molecule has 0 saturated heterocycles. The van der Waals surface area contributed by atoms with Crippen LogP contribution in [0.25, 0.3) is 0 Å². The zero-order valence-corrected chi connectivity index (χ0v) is 10.2. The molecule has 0 aliphatic heterocycles. The van der Waals surface area contributed by atoms with E-state index < -0.39 is 11.7 Å². The molecule has 90 valence electrons. The molecule has 0 aromatic carbocycles. The fourth-order valence-electron chi connectivity index (χ4n) is 1.28. The third-order valence-corrected chi connectivity index (χ3v) is 1.95. The van der Waals surface area contributed by atoms with E-state index in [2.05, 4.69) is 15.3 Å². The van der Waals surface area contributed by atoms with Crippen LogP contribution in [0.1, 0.15) is 46.0 Å². The fourth-order valence-corrected chi connectivity index (χ4v) is 1.28. The summed E-state index contributed by atoms with van der Waals surface area (Å²) in [4.78, 5) is 18.6. The van der Waals surface area contributed by atoms with Crippen LogP contribution in [-0.4, -0.2) is 21.7 Å². The first-order valence-electron chi connectivity index (χ1n) is 5.41. The summed E-state index contributed by atoms with van der Waals surface area (Å²) in [6, 6.07) is -0.134. The van der Waals surface area contributed by atoms with Crippen molar-refractivity contribution in [1.29, 1.82) is 0 Å². The van der Waals surface area contributed by atoms with Crippen molar-refractivity contribution in [2.24, 2.45) is 0 Å². The van der Waals surface area contributed by atoms with Crippen molar-refractivity contribution in [1.82, 2.24) is 15.3 Å². The van der Waals surface area contributed by atoms with E-state index in [4.69, 9.17) is 4.74 Å². The lowest BCUT2D eigenvalue weighted by Crippen LogP contribution is -2.35. The molecule has 0 fully saturated rings. The van der Waals surface area contributed by atoms with Crippen LogP contribution >= 0.6 is 0 Å². The third kappa shape index (κ3) is 3.92. The minimum absolute atomic E-state index is 0.134. The number of H-pyrrole nitrogens is 1. The maximum absolute atomic E-state index is 11.5. The predicted molar refractivity (Wildman–Crippen MR) is 61.0 cm³/mol. The smallest absolute Gasteiger partial charge is 0.408 e. The molecular weight excluding hydrogens is 206 g/mol. The second-order valence-corrected chi connectivity index (χ2v) is 4.58. The monoisotopic (exact) mass is 225 g/mol. The standard InChI is InChI=1S/C11H19N3O2/c1-5-8(9-12-6-7-13-9)14-10(15)16-11(2,3)4/h6-8H,5H2,1-4H3,(H,12,13)(H,14,15)/t8-/m0/s1. The van der Waals surface area contributed by atoms with E-state index in [1.807, 2.05) is 27.7 Å². The summed E-state index contributed by atoms with van der Waals surface area (Å²) in [5, 5.41) is 2.77. The summed E-state index contributed by atoms with van der Waals surface area (Å²) in [6.07, 6.45) is 3.73. The molecule has 0 saturated carbocycles. The molecule has 0 aliphatic rings. The summed E-state index contributed by atoms with van der Waals surface area (Å²) in [5.74, 6) is 0.744. The lowest BCUT2D eigenvalue weighted by molar-refractivity contribution is 0.0500. The Balaban J connectivity index is 2.55. The second kappa shape index (κ2) is 5.01. The van der Waals surface area contributed by atoms with Crippen molar-refractivity contribution in [3.05, 3.63) is 18.2 Å². The zero-order chi connectivity index (χ0) is 12.2. The SMILES string of the molecule is CC[C@H](NC(=O)OC(C)(C)C)c1ncc[nH]1. The van der Waals surface area contributed by atoms with Gasteiger partial charge in [-0.3, -0.25) is 0 Å². The van der Waals surface area contributed by atoms with E-state index in [-0.39, 0.29) is 6.04 Å². The molecule has 0 bridgehead atoms. The molecule has 0 radical (unpaired) electrons. The maximum Gasteiger partial charge on any atom is 0.408 e. The maximum atomic E-state index is 11.5. The molecule has 5 nitrogen and oxygen atoms in total. The van der Waals surface area contributed by atoms with Gasteiger partial charge < -0.3 is 15.0 Å². The molecule has 1 atom stereocenters. The van der Waals surface area contributed by atoms with Crippen LogP contribution in [0.5, 0.6) is 0 Å². The van der Waals surface area contributed by atoms with Crippen molar-refractivity contribution in [2.75, 3.05) is 0 Å². The minimum atomic E-state index is -0.481. The lowest BCUT2D eigenvalue weighted by Gasteiger charge is -2.22. The number of amides is 1. The molecule has 1 rings (SSSR count). The van der Waals surface area contributed by atoms with Gasteiger partial charge in [0.15, 0.2) is 0 Å². The average molecular weight is 225 g/mol. The van der Waals surface area contributed by atoms with E-state index in [0.29, 0.717) is 0 Å². The van der Waals surface area contributed by atoms with Crippen LogP contribution in [0.3, 0.4) is 0 Å². The van der Waals surface area contributed by atoms with Gasteiger partial charge in [-0.1, -0.05) is 6.92 Å². The van der Waals surface area contributed by atoms with Gasteiger partial charge in [0.05, 0.1) is 6.04 Å². The van der Waals surface area contributed by atoms with Crippen molar-refractivity contribution >= 4 is 6.09 Å². The van der Waals surface area contributed by atoms with Crippen LogP contribution in [0.2, 0.25) is 0 Å². The van der Waals surface area contributed by atoms with E-state index in [0.717, 1.165) is 12.2 Å². The van der Waals surface area contributed by atoms with Gasteiger partial charge in [0.25, 0.3) is 0 Å². The molecular formula is C11H19N3O2. The Morgan fingerprint density at radius 1 is 1.62 bits per heavy atom. The van der Waals surface area contributed by atoms with Gasteiger partial charge in [0.1, 0.15) is 11.4 Å². The zero-order valence-electron chi connectivity index (χ0n) is 10.2. The van der Waals surface area contributed by atoms with Gasteiger partial charge in [-0.05, 0) is 27.2 Å². The molecule has 1 amide bonds. The molecule has 1 heterocycles. The first-order chi connectivity index (χ1) is 7.42. The molecule has 0 aliphatic carbocycles. The summed E-state index contributed by atoms with van der Waals surface area (Å²) in [7, 11) is 0. The highest BCUT2D eigenvalue weighted by Crippen LogP contribution is 2.13. The first kappa shape index (κ1) is 12.5. The van der Waals surface area contributed by atoms with Crippen LogP contribution in [0, 0.1) is 0 Å². The second-order valence-electron chi connectivity index (χ2n) is 4.58. The van der Waals surface area contributed by atoms with Crippen molar-refractivity contribution in [3.63, 3.8) is 0 Å². The van der Waals surface area contributed by atoms with E-state index in [9.17, 15) is 4.79 Å². The number of rotatable bonds is 3. The number of hydrogen-bond donors (Lipinski definition) is 2. The minimum Gasteiger partial charge on any atom is -0.444 e. The number of alkyl carbamates (subject to hydrolysis) is 1. The van der Waals surface area contributed by atoms with Gasteiger partial charge in [-0.25, -0.2) is 9.78 Å². The molecule has 1 aromatic rings. The Labute approximate surface area is 95.6 Å². The van der Waals surface area contributed by atoms with Crippen LogP contribution < -0.4 is 5.32 Å². The molecule has 0 spiro atoms. The van der Waals surface area contributed by atoms with Gasteiger partial charge in [0, 0.05) is 12.4 Å². The number of ether oxygens (including phenoxy) is 1. The predicted octanol–water partition coefficient (Wildman–Crippen LogP) is 2.39. The normalized spacial score (nSPS) is 13.2. The number of nitrogens with one attached hydrogen (secondary N) is 2. The number of aromatic amines is 1. The summed E-state index contributed by atoms with van der Waals surface area (Å²) in [6.45, 7) is 7.48. The third-order valence-electron chi connectivity index (χ3n) is 1.95. The Bertz CT molecular complexity index is 327. The molecule has 0 unspecified atom stereocenters. The number of nitrogens with zero attached hydrogens (tertiary/aromatic N) is 1. The van der Waals surface area contributed by atoms with Crippen molar-refractivity contribution in [2.45, 2.75) is 45.8 Å². The van der Waals surface area contributed by atoms with Crippen LogP contribution in [0.4, 0.5) is 4.79 Å². The summed E-state index contributed by atoms with van der Waals surface area (Å²) in [5.41, 5.74) is -0.481. The summed E-state index contributed by atoms with van der Waals surface area (Å²) >= 11 is 0. The highest BCUT2D eigenvalue weighted by Gasteiger charge is 2.20. The van der Waals surface area contributed by atoms with Gasteiger partial charge in [-0.15, -0.1) is 0 Å². The Morgan fingerprint density at radius 3 is 2.75 bits per heavy atom. The van der Waals surface area contributed by atoms with Crippen molar-refractivity contribution in [3.8, 4) is 0 Å². The largest absolute Gasteiger partial charge is 0.444 e.